The highest BCUT2D eigenvalue weighted by Gasteiger charge is 2.43. The first-order valence-corrected chi connectivity index (χ1v) is 6.87. The van der Waals surface area contributed by atoms with Gasteiger partial charge in [-0.25, -0.2) is 0 Å². The Kier molecular flexibility index (Phi) is 3.50. The average molecular weight is 278 g/mol. The van der Waals surface area contributed by atoms with Gasteiger partial charge in [-0.2, -0.15) is 0 Å². The van der Waals surface area contributed by atoms with E-state index in [2.05, 4.69) is 0 Å². The third kappa shape index (κ3) is 2.38. The van der Waals surface area contributed by atoms with E-state index in [-0.39, 0.29) is 17.1 Å². The van der Waals surface area contributed by atoms with Gasteiger partial charge < -0.3 is 15.7 Å². The molecular weight excluding hydrogens is 256 g/mol. The van der Waals surface area contributed by atoms with Crippen molar-refractivity contribution in [3.8, 4) is 0 Å². The monoisotopic (exact) mass is 278 g/mol. The molecular formula is C15H22N2O3. The number of nitrogens with two attached hydrogens (primary N) is 1. The lowest BCUT2D eigenvalue weighted by atomic mass is 9.70. The number of carboxylic acid groups (broad SMARTS) is 1. The number of ketones is 1. The van der Waals surface area contributed by atoms with Crippen molar-refractivity contribution in [3.63, 3.8) is 0 Å². The third-order valence-electron chi connectivity index (χ3n) is 4.35. The van der Waals surface area contributed by atoms with Crippen LogP contribution in [0.4, 0.5) is 0 Å². The minimum Gasteiger partial charge on any atom is -0.481 e. The molecule has 1 aliphatic heterocycles. The number of likely N-dealkylation sites (tertiary alicyclic amines) is 1. The summed E-state index contributed by atoms with van der Waals surface area (Å²) < 4.78 is 0. The minimum atomic E-state index is -0.998. The summed E-state index contributed by atoms with van der Waals surface area (Å²) in [7, 11) is 0. The molecule has 5 nitrogen and oxygen atoms in total. The maximum Gasteiger partial charge on any atom is 0.308 e. The summed E-state index contributed by atoms with van der Waals surface area (Å²) in [6.07, 6.45) is 5.76. The summed E-state index contributed by atoms with van der Waals surface area (Å²) in [5, 5.41) is 9.02. The van der Waals surface area contributed by atoms with Gasteiger partial charge in [-0.15, -0.1) is 0 Å². The van der Waals surface area contributed by atoms with E-state index < -0.39 is 11.5 Å². The van der Waals surface area contributed by atoms with Crippen LogP contribution in [-0.2, 0) is 9.59 Å². The smallest absolute Gasteiger partial charge is 0.308 e. The number of carboxylic acids is 1. The SMILES string of the molecule is CC(C)(C)C1(N)C=CC(N2CCC(C(=O)O)C2)=CC1=O. The first-order valence-electron chi connectivity index (χ1n) is 6.87. The molecule has 0 aromatic carbocycles. The van der Waals surface area contributed by atoms with Gasteiger partial charge in [0.05, 0.1) is 5.92 Å². The van der Waals surface area contributed by atoms with Crippen LogP contribution in [0.1, 0.15) is 27.2 Å². The van der Waals surface area contributed by atoms with Crippen molar-refractivity contribution in [3.05, 3.63) is 23.9 Å². The van der Waals surface area contributed by atoms with Crippen LogP contribution < -0.4 is 5.73 Å². The van der Waals surface area contributed by atoms with Crippen molar-refractivity contribution >= 4 is 11.8 Å². The normalized spacial score (nSPS) is 30.6. The van der Waals surface area contributed by atoms with Gasteiger partial charge in [0.2, 0.25) is 0 Å². The van der Waals surface area contributed by atoms with Crippen LogP contribution in [0.2, 0.25) is 0 Å². The quantitative estimate of drug-likeness (QED) is 0.792. The second kappa shape index (κ2) is 4.74. The zero-order valence-corrected chi connectivity index (χ0v) is 12.2. The van der Waals surface area contributed by atoms with Gasteiger partial charge in [0, 0.05) is 24.9 Å². The molecule has 0 saturated carbocycles. The molecule has 2 unspecified atom stereocenters. The molecule has 0 bridgehead atoms. The van der Waals surface area contributed by atoms with Crippen LogP contribution >= 0.6 is 0 Å². The van der Waals surface area contributed by atoms with E-state index in [0.717, 1.165) is 5.70 Å². The van der Waals surface area contributed by atoms with Crippen LogP contribution in [-0.4, -0.2) is 40.4 Å². The average Bonchev–Trinajstić information content (AvgIpc) is 2.80. The first kappa shape index (κ1) is 14.8. The molecule has 2 aliphatic rings. The van der Waals surface area contributed by atoms with Crippen molar-refractivity contribution < 1.29 is 14.7 Å². The molecule has 0 aromatic heterocycles. The lowest BCUT2D eigenvalue weighted by Crippen LogP contribution is -2.56. The van der Waals surface area contributed by atoms with Crippen LogP contribution in [0.3, 0.4) is 0 Å². The zero-order valence-electron chi connectivity index (χ0n) is 12.2. The number of carbonyl (C=O) groups is 2. The molecule has 2 rings (SSSR count). The topological polar surface area (TPSA) is 83.6 Å². The van der Waals surface area contributed by atoms with Crippen molar-refractivity contribution in [2.24, 2.45) is 17.1 Å². The van der Waals surface area contributed by atoms with Gasteiger partial charge in [0.1, 0.15) is 5.54 Å². The Morgan fingerprint density at radius 3 is 2.60 bits per heavy atom. The Morgan fingerprint density at radius 1 is 1.50 bits per heavy atom. The van der Waals surface area contributed by atoms with E-state index >= 15 is 0 Å². The Bertz CT molecular complexity index is 502. The summed E-state index contributed by atoms with van der Waals surface area (Å²) in [5.41, 5.74) is 5.63. The molecule has 1 heterocycles. The lowest BCUT2D eigenvalue weighted by Gasteiger charge is -2.39. The summed E-state index contributed by atoms with van der Waals surface area (Å²) in [6, 6.07) is 0. The molecule has 0 amide bonds. The fourth-order valence-electron chi connectivity index (χ4n) is 2.61. The standard InChI is InChI=1S/C15H22N2O3/c1-14(2,3)15(16)6-4-11(8-12(15)18)17-7-5-10(9-17)13(19)20/h4,6,8,10H,5,7,9,16H2,1-3H3,(H,19,20). The Balaban J connectivity index is 2.16. The number of carbonyl (C=O) groups excluding carboxylic acids is 1. The summed E-state index contributed by atoms with van der Waals surface area (Å²) in [6.45, 7) is 6.92. The number of aliphatic carboxylic acids is 1. The first-order chi connectivity index (χ1) is 9.15. The molecule has 1 saturated heterocycles. The highest BCUT2D eigenvalue weighted by molar-refractivity contribution is 6.02. The van der Waals surface area contributed by atoms with E-state index in [0.29, 0.717) is 19.5 Å². The van der Waals surface area contributed by atoms with E-state index in [9.17, 15) is 9.59 Å². The maximum absolute atomic E-state index is 12.3. The molecule has 2 atom stereocenters. The Hall–Kier alpha value is -1.62. The van der Waals surface area contributed by atoms with Crippen LogP contribution in [0, 0.1) is 11.3 Å². The molecule has 20 heavy (non-hydrogen) atoms. The van der Waals surface area contributed by atoms with Gasteiger partial charge in [0.25, 0.3) is 0 Å². The molecule has 110 valence electrons. The van der Waals surface area contributed by atoms with E-state index in [1.54, 1.807) is 12.2 Å². The van der Waals surface area contributed by atoms with Gasteiger partial charge in [-0.05, 0) is 17.9 Å². The summed E-state index contributed by atoms with van der Waals surface area (Å²) >= 11 is 0. The maximum atomic E-state index is 12.3. The molecule has 1 fully saturated rings. The highest BCUT2D eigenvalue weighted by atomic mass is 16.4. The van der Waals surface area contributed by atoms with Crippen molar-refractivity contribution in [2.45, 2.75) is 32.7 Å². The van der Waals surface area contributed by atoms with Crippen LogP contribution in [0.15, 0.2) is 23.9 Å². The lowest BCUT2D eigenvalue weighted by molar-refractivity contribution is -0.141. The predicted molar refractivity (Wildman–Crippen MR) is 75.9 cm³/mol. The van der Waals surface area contributed by atoms with Crippen LogP contribution in [0.5, 0.6) is 0 Å². The summed E-state index contributed by atoms with van der Waals surface area (Å²) in [4.78, 5) is 25.3. The number of rotatable bonds is 2. The molecule has 0 spiro atoms. The van der Waals surface area contributed by atoms with Gasteiger partial charge in [-0.3, -0.25) is 9.59 Å². The number of allylic oxidation sites excluding steroid dienone is 1. The van der Waals surface area contributed by atoms with Crippen molar-refractivity contribution in [1.29, 1.82) is 0 Å². The van der Waals surface area contributed by atoms with Crippen LogP contribution in [0.25, 0.3) is 0 Å². The highest BCUT2D eigenvalue weighted by Crippen LogP contribution is 2.34. The number of hydrogen-bond acceptors (Lipinski definition) is 4. The fraction of sp³-hybridized carbons (Fsp3) is 0.600. The Morgan fingerprint density at radius 2 is 2.15 bits per heavy atom. The van der Waals surface area contributed by atoms with E-state index in [1.165, 1.54) is 0 Å². The second-order valence-corrected chi connectivity index (χ2v) is 6.66. The van der Waals surface area contributed by atoms with Gasteiger partial charge in [-0.1, -0.05) is 26.8 Å². The number of hydrogen-bond donors (Lipinski definition) is 2. The second-order valence-electron chi connectivity index (χ2n) is 6.66. The Labute approximate surface area is 119 Å². The molecule has 0 aromatic rings. The number of nitrogens with zero attached hydrogens (tertiary/aromatic N) is 1. The predicted octanol–water partition coefficient (Wildman–Crippen LogP) is 1.16. The van der Waals surface area contributed by atoms with E-state index in [1.807, 2.05) is 31.7 Å². The fourth-order valence-corrected chi connectivity index (χ4v) is 2.61. The van der Waals surface area contributed by atoms with Gasteiger partial charge >= 0.3 is 5.97 Å². The zero-order chi connectivity index (χ0) is 15.1. The van der Waals surface area contributed by atoms with Gasteiger partial charge in [0.15, 0.2) is 5.78 Å². The largest absolute Gasteiger partial charge is 0.481 e. The molecule has 0 radical (unpaired) electrons. The molecule has 1 aliphatic carbocycles. The van der Waals surface area contributed by atoms with Crippen molar-refractivity contribution in [1.82, 2.24) is 4.90 Å². The third-order valence-corrected chi connectivity index (χ3v) is 4.35. The minimum absolute atomic E-state index is 0.124. The summed E-state index contributed by atoms with van der Waals surface area (Å²) in [5.74, 6) is -1.25. The van der Waals surface area contributed by atoms with Crippen molar-refractivity contribution in [2.75, 3.05) is 13.1 Å². The molecule has 5 heteroatoms. The molecule has 3 N–H and O–H groups in total. The van der Waals surface area contributed by atoms with E-state index in [4.69, 9.17) is 10.8 Å².